The van der Waals surface area contributed by atoms with Gasteiger partial charge in [0.2, 0.25) is 5.95 Å². The van der Waals surface area contributed by atoms with Crippen LogP contribution < -0.4 is 9.80 Å². The molecule has 3 rings (SSSR count). The molecule has 2 saturated heterocycles. The molecule has 0 amide bonds. The van der Waals surface area contributed by atoms with Crippen molar-refractivity contribution in [1.82, 2.24) is 9.97 Å². The second-order valence-electron chi connectivity index (χ2n) is 5.78. The number of rotatable bonds is 2. The van der Waals surface area contributed by atoms with E-state index in [4.69, 9.17) is 4.74 Å². The number of alkyl halides is 3. The van der Waals surface area contributed by atoms with Crippen molar-refractivity contribution in [1.29, 1.82) is 0 Å². The lowest BCUT2D eigenvalue weighted by Crippen LogP contribution is -2.49. The summed E-state index contributed by atoms with van der Waals surface area (Å²) in [4.78, 5) is 12.0. The van der Waals surface area contributed by atoms with Gasteiger partial charge in [-0.1, -0.05) is 0 Å². The van der Waals surface area contributed by atoms with Crippen LogP contribution in [-0.2, 0) is 4.74 Å². The van der Waals surface area contributed by atoms with Crippen molar-refractivity contribution in [2.24, 2.45) is 0 Å². The number of aromatic nitrogens is 2. The summed E-state index contributed by atoms with van der Waals surface area (Å²) < 4.78 is 43.2. The minimum Gasteiger partial charge on any atom is -0.393 e. The van der Waals surface area contributed by atoms with E-state index in [-0.39, 0.29) is 25.2 Å². The Kier molecular flexibility index (Phi) is 4.58. The third-order valence-corrected chi connectivity index (χ3v) is 4.13. The predicted octanol–water partition coefficient (Wildman–Crippen LogP) is 1.21. The molecule has 0 spiro atoms. The first-order chi connectivity index (χ1) is 10.9. The van der Waals surface area contributed by atoms with E-state index >= 15 is 0 Å². The van der Waals surface area contributed by atoms with E-state index < -0.39 is 12.3 Å². The number of aliphatic hydroxyl groups excluding tert-OH is 1. The van der Waals surface area contributed by atoms with E-state index in [0.29, 0.717) is 38.3 Å². The molecule has 1 aromatic rings. The molecule has 2 aliphatic rings. The van der Waals surface area contributed by atoms with E-state index in [9.17, 15) is 18.3 Å². The molecule has 1 unspecified atom stereocenters. The quantitative estimate of drug-likeness (QED) is 0.878. The van der Waals surface area contributed by atoms with Crippen LogP contribution in [0.1, 0.15) is 12.8 Å². The average Bonchev–Trinajstić information content (AvgIpc) is 2.55. The number of piperidine rings is 1. The Labute approximate surface area is 131 Å². The summed E-state index contributed by atoms with van der Waals surface area (Å²) >= 11 is 0. The molecule has 2 fully saturated rings. The molecule has 6 nitrogen and oxygen atoms in total. The molecule has 128 valence electrons. The largest absolute Gasteiger partial charge is 0.416 e. The molecule has 0 saturated carbocycles. The number of hydrogen-bond acceptors (Lipinski definition) is 6. The zero-order valence-corrected chi connectivity index (χ0v) is 12.5. The lowest BCUT2D eigenvalue weighted by Gasteiger charge is -2.35. The monoisotopic (exact) mass is 332 g/mol. The molecule has 0 radical (unpaired) electrons. The number of morpholine rings is 1. The van der Waals surface area contributed by atoms with Gasteiger partial charge in [0.1, 0.15) is 5.82 Å². The van der Waals surface area contributed by atoms with Crippen LogP contribution in [0.5, 0.6) is 0 Å². The summed E-state index contributed by atoms with van der Waals surface area (Å²) in [7, 11) is 0. The minimum absolute atomic E-state index is 0.00628. The van der Waals surface area contributed by atoms with Crippen LogP contribution in [0.25, 0.3) is 0 Å². The molecular weight excluding hydrogens is 313 g/mol. The standard InChI is InChI=1S/C14H19F3N4O2/c15-14(16,17)11-9-21(7-8-23-11)13-18-4-1-12(19-13)20-5-2-10(22)3-6-20/h1,4,10-11,22H,2-3,5-9H2. The molecule has 1 aromatic heterocycles. The molecule has 1 N–H and O–H groups in total. The summed E-state index contributed by atoms with van der Waals surface area (Å²) in [5.74, 6) is 0.961. The number of hydrogen-bond donors (Lipinski definition) is 1. The molecule has 23 heavy (non-hydrogen) atoms. The first-order valence-corrected chi connectivity index (χ1v) is 7.63. The number of anilines is 2. The van der Waals surface area contributed by atoms with Crippen LogP contribution in [0.2, 0.25) is 0 Å². The topological polar surface area (TPSA) is 61.7 Å². The van der Waals surface area contributed by atoms with Gasteiger partial charge in [-0.25, -0.2) is 4.98 Å². The predicted molar refractivity (Wildman–Crippen MR) is 77.5 cm³/mol. The van der Waals surface area contributed by atoms with Crippen LogP contribution in [-0.4, -0.2) is 66.2 Å². The van der Waals surface area contributed by atoms with Gasteiger partial charge in [-0.15, -0.1) is 0 Å². The molecule has 0 aromatic carbocycles. The fourth-order valence-electron chi connectivity index (χ4n) is 2.79. The van der Waals surface area contributed by atoms with Crippen LogP contribution in [0.3, 0.4) is 0 Å². The summed E-state index contributed by atoms with van der Waals surface area (Å²) in [6.45, 7) is 1.37. The van der Waals surface area contributed by atoms with Gasteiger partial charge >= 0.3 is 6.18 Å². The highest BCUT2D eigenvalue weighted by Crippen LogP contribution is 2.27. The highest BCUT2D eigenvalue weighted by atomic mass is 19.4. The smallest absolute Gasteiger partial charge is 0.393 e. The van der Waals surface area contributed by atoms with Gasteiger partial charge in [-0.2, -0.15) is 18.2 Å². The third kappa shape index (κ3) is 3.84. The van der Waals surface area contributed by atoms with Crippen molar-refractivity contribution in [3.63, 3.8) is 0 Å². The zero-order chi connectivity index (χ0) is 16.4. The Hall–Kier alpha value is -1.61. The summed E-state index contributed by atoms with van der Waals surface area (Å²) in [5, 5.41) is 9.55. The Morgan fingerprint density at radius 3 is 2.61 bits per heavy atom. The highest BCUT2D eigenvalue weighted by Gasteiger charge is 2.43. The Balaban J connectivity index is 1.72. The maximum Gasteiger partial charge on any atom is 0.416 e. The minimum atomic E-state index is -4.39. The van der Waals surface area contributed by atoms with Gasteiger partial charge in [-0.05, 0) is 18.9 Å². The van der Waals surface area contributed by atoms with Crippen molar-refractivity contribution in [3.05, 3.63) is 12.3 Å². The summed E-state index contributed by atoms with van der Waals surface area (Å²) in [6, 6.07) is 1.74. The molecular formula is C14H19F3N4O2. The number of aliphatic hydroxyl groups is 1. The molecule has 0 bridgehead atoms. The molecule has 3 heterocycles. The summed E-state index contributed by atoms with van der Waals surface area (Å²) in [5.41, 5.74) is 0. The SMILES string of the molecule is OC1CCN(c2ccnc(N3CCOC(C(F)(F)F)C3)n2)CC1. The van der Waals surface area contributed by atoms with Crippen LogP contribution in [0.4, 0.5) is 24.9 Å². The maximum absolute atomic E-state index is 12.8. The normalized spacial score (nSPS) is 24.1. The van der Waals surface area contributed by atoms with E-state index in [2.05, 4.69) is 9.97 Å². The zero-order valence-electron chi connectivity index (χ0n) is 12.5. The van der Waals surface area contributed by atoms with Crippen molar-refractivity contribution in [3.8, 4) is 0 Å². The van der Waals surface area contributed by atoms with Crippen molar-refractivity contribution < 1.29 is 23.0 Å². The van der Waals surface area contributed by atoms with Gasteiger partial charge < -0.3 is 19.6 Å². The molecule has 0 aliphatic carbocycles. The van der Waals surface area contributed by atoms with Crippen LogP contribution in [0.15, 0.2) is 12.3 Å². The van der Waals surface area contributed by atoms with Gasteiger partial charge in [-0.3, -0.25) is 0 Å². The lowest BCUT2D eigenvalue weighted by molar-refractivity contribution is -0.221. The molecule has 9 heteroatoms. The summed E-state index contributed by atoms with van der Waals surface area (Å²) in [6.07, 6.45) is -3.62. The number of halogens is 3. The fourth-order valence-corrected chi connectivity index (χ4v) is 2.79. The first kappa shape index (κ1) is 16.3. The van der Waals surface area contributed by atoms with Gasteiger partial charge in [0.25, 0.3) is 0 Å². The van der Waals surface area contributed by atoms with Crippen molar-refractivity contribution >= 4 is 11.8 Å². The maximum atomic E-state index is 12.8. The van der Waals surface area contributed by atoms with Gasteiger partial charge in [0, 0.05) is 25.8 Å². The van der Waals surface area contributed by atoms with Crippen molar-refractivity contribution in [2.45, 2.75) is 31.2 Å². The fraction of sp³-hybridized carbons (Fsp3) is 0.714. The van der Waals surface area contributed by atoms with Crippen LogP contribution >= 0.6 is 0 Å². The van der Waals surface area contributed by atoms with Crippen LogP contribution in [0, 0.1) is 0 Å². The molecule has 1 atom stereocenters. The van der Waals surface area contributed by atoms with E-state index in [1.54, 1.807) is 12.3 Å². The van der Waals surface area contributed by atoms with Gasteiger partial charge in [0.05, 0.1) is 19.3 Å². The highest BCUT2D eigenvalue weighted by molar-refractivity contribution is 5.44. The lowest BCUT2D eigenvalue weighted by atomic mass is 10.1. The third-order valence-electron chi connectivity index (χ3n) is 4.13. The van der Waals surface area contributed by atoms with Gasteiger partial charge in [0.15, 0.2) is 6.10 Å². The van der Waals surface area contributed by atoms with E-state index in [1.807, 2.05) is 4.90 Å². The van der Waals surface area contributed by atoms with E-state index in [0.717, 1.165) is 0 Å². The number of nitrogens with zero attached hydrogens (tertiary/aromatic N) is 4. The Bertz CT molecular complexity index is 535. The second kappa shape index (κ2) is 6.48. The average molecular weight is 332 g/mol. The Morgan fingerprint density at radius 1 is 1.17 bits per heavy atom. The molecule has 2 aliphatic heterocycles. The second-order valence-corrected chi connectivity index (χ2v) is 5.78. The Morgan fingerprint density at radius 2 is 1.91 bits per heavy atom. The van der Waals surface area contributed by atoms with Crippen molar-refractivity contribution in [2.75, 3.05) is 42.6 Å². The number of ether oxygens (including phenoxy) is 1. The van der Waals surface area contributed by atoms with E-state index in [1.165, 1.54) is 4.90 Å². The first-order valence-electron chi connectivity index (χ1n) is 7.63.